The maximum absolute atomic E-state index is 4.69. The van der Waals surface area contributed by atoms with E-state index < -0.39 is 0 Å². The molecule has 0 aromatic carbocycles. The van der Waals surface area contributed by atoms with Gasteiger partial charge in [0.15, 0.2) is 0 Å². The molecule has 1 N–H and O–H groups in total. The van der Waals surface area contributed by atoms with Crippen molar-refractivity contribution in [2.75, 3.05) is 17.2 Å². The third-order valence-electron chi connectivity index (χ3n) is 3.77. The van der Waals surface area contributed by atoms with Crippen molar-refractivity contribution in [2.24, 2.45) is 0 Å². The van der Waals surface area contributed by atoms with Crippen molar-refractivity contribution in [3.05, 3.63) is 22.3 Å². The summed E-state index contributed by atoms with van der Waals surface area (Å²) in [4.78, 5) is 7.16. The number of anilines is 1. The van der Waals surface area contributed by atoms with Gasteiger partial charge in [0.05, 0.1) is 0 Å². The number of halogens is 1. The maximum Gasteiger partial charge on any atom is 0.133 e. The van der Waals surface area contributed by atoms with Gasteiger partial charge in [0.1, 0.15) is 5.82 Å². The highest BCUT2D eigenvalue weighted by atomic mass is 79.9. The SMILES string of the molecule is CC(C)NCc1cc(Br)cnc1N1CCSC(C)C1C. The fraction of sp³-hybridized carbons (Fsp3) is 0.667. The third kappa shape index (κ3) is 3.89. The van der Waals surface area contributed by atoms with Crippen molar-refractivity contribution >= 4 is 33.5 Å². The van der Waals surface area contributed by atoms with Crippen LogP contribution in [0.1, 0.15) is 33.3 Å². The molecular formula is C15H24BrN3S. The lowest BCUT2D eigenvalue weighted by Gasteiger charge is -2.39. The summed E-state index contributed by atoms with van der Waals surface area (Å²) in [6.07, 6.45) is 1.91. The van der Waals surface area contributed by atoms with Gasteiger partial charge in [-0.2, -0.15) is 11.8 Å². The van der Waals surface area contributed by atoms with Crippen molar-refractivity contribution in [1.29, 1.82) is 0 Å². The van der Waals surface area contributed by atoms with Gasteiger partial charge in [-0.05, 0) is 28.9 Å². The van der Waals surface area contributed by atoms with Crippen LogP contribution in [-0.2, 0) is 6.54 Å². The molecule has 0 spiro atoms. The highest BCUT2D eigenvalue weighted by molar-refractivity contribution is 9.10. The maximum atomic E-state index is 4.69. The number of thioether (sulfide) groups is 1. The summed E-state index contributed by atoms with van der Waals surface area (Å²) in [5, 5.41) is 4.15. The lowest BCUT2D eigenvalue weighted by molar-refractivity contribution is 0.578. The topological polar surface area (TPSA) is 28.2 Å². The van der Waals surface area contributed by atoms with E-state index in [1.165, 1.54) is 11.3 Å². The Bertz CT molecular complexity index is 453. The quantitative estimate of drug-likeness (QED) is 0.889. The van der Waals surface area contributed by atoms with Crippen LogP contribution in [0.25, 0.3) is 0 Å². The summed E-state index contributed by atoms with van der Waals surface area (Å²) in [6, 6.07) is 3.20. The van der Waals surface area contributed by atoms with E-state index in [9.17, 15) is 0 Å². The minimum Gasteiger partial charge on any atom is -0.352 e. The largest absolute Gasteiger partial charge is 0.352 e. The van der Waals surface area contributed by atoms with E-state index in [2.05, 4.69) is 71.7 Å². The van der Waals surface area contributed by atoms with Crippen molar-refractivity contribution in [3.63, 3.8) is 0 Å². The van der Waals surface area contributed by atoms with Gasteiger partial charge in [-0.3, -0.25) is 0 Å². The molecule has 1 aromatic rings. The molecule has 2 heterocycles. The molecule has 2 atom stereocenters. The molecule has 1 aliphatic heterocycles. The zero-order valence-corrected chi connectivity index (χ0v) is 15.1. The Morgan fingerprint density at radius 1 is 1.50 bits per heavy atom. The number of aromatic nitrogens is 1. The second-order valence-corrected chi connectivity index (χ2v) is 8.08. The van der Waals surface area contributed by atoms with Gasteiger partial charge in [-0.1, -0.05) is 20.8 Å². The minimum atomic E-state index is 0.482. The first kappa shape index (κ1) is 16.1. The predicted octanol–water partition coefficient (Wildman–Crippen LogP) is 3.67. The molecule has 3 nitrogen and oxygen atoms in total. The van der Waals surface area contributed by atoms with Crippen LogP contribution in [0.2, 0.25) is 0 Å². The first-order valence-electron chi connectivity index (χ1n) is 7.25. The number of rotatable bonds is 4. The normalized spacial score (nSPS) is 23.4. The monoisotopic (exact) mass is 357 g/mol. The van der Waals surface area contributed by atoms with E-state index in [1.54, 1.807) is 0 Å². The van der Waals surface area contributed by atoms with Crippen LogP contribution in [0.4, 0.5) is 5.82 Å². The Morgan fingerprint density at radius 3 is 2.95 bits per heavy atom. The molecule has 2 rings (SSSR count). The zero-order chi connectivity index (χ0) is 14.7. The second kappa shape index (κ2) is 7.14. The molecule has 20 heavy (non-hydrogen) atoms. The Kier molecular flexibility index (Phi) is 5.75. The smallest absolute Gasteiger partial charge is 0.133 e. The number of nitrogens with one attached hydrogen (secondary N) is 1. The Balaban J connectivity index is 2.25. The summed E-state index contributed by atoms with van der Waals surface area (Å²) in [6.45, 7) is 10.9. The van der Waals surface area contributed by atoms with Crippen LogP contribution in [0, 0.1) is 0 Å². The van der Waals surface area contributed by atoms with E-state index >= 15 is 0 Å². The molecule has 0 bridgehead atoms. The molecule has 1 aliphatic rings. The average Bonchev–Trinajstić information content (AvgIpc) is 2.40. The van der Waals surface area contributed by atoms with Crippen LogP contribution in [0.3, 0.4) is 0 Å². The highest BCUT2D eigenvalue weighted by Crippen LogP contribution is 2.30. The summed E-state index contributed by atoms with van der Waals surface area (Å²) in [7, 11) is 0. The molecule has 1 aromatic heterocycles. The van der Waals surface area contributed by atoms with E-state index in [0.717, 1.165) is 23.4 Å². The van der Waals surface area contributed by atoms with Gasteiger partial charge >= 0.3 is 0 Å². The molecule has 0 saturated carbocycles. The van der Waals surface area contributed by atoms with Crippen LogP contribution in [0.15, 0.2) is 16.7 Å². The summed E-state index contributed by atoms with van der Waals surface area (Å²) in [5.41, 5.74) is 1.28. The number of nitrogens with zero attached hydrogens (tertiary/aromatic N) is 2. The van der Waals surface area contributed by atoms with Crippen molar-refractivity contribution in [2.45, 2.75) is 51.6 Å². The predicted molar refractivity (Wildman–Crippen MR) is 92.6 cm³/mol. The van der Waals surface area contributed by atoms with E-state index in [4.69, 9.17) is 4.98 Å². The lowest BCUT2D eigenvalue weighted by Crippen LogP contribution is -2.45. The van der Waals surface area contributed by atoms with E-state index in [-0.39, 0.29) is 0 Å². The number of pyridine rings is 1. The molecule has 0 aliphatic carbocycles. The van der Waals surface area contributed by atoms with Crippen LogP contribution in [-0.4, -0.2) is 34.6 Å². The number of hydrogen-bond acceptors (Lipinski definition) is 4. The summed E-state index contributed by atoms with van der Waals surface area (Å²) >= 11 is 5.60. The molecule has 1 saturated heterocycles. The summed E-state index contributed by atoms with van der Waals surface area (Å²) < 4.78 is 1.05. The zero-order valence-electron chi connectivity index (χ0n) is 12.7. The van der Waals surface area contributed by atoms with Crippen LogP contribution in [0.5, 0.6) is 0 Å². The summed E-state index contributed by atoms with van der Waals surface area (Å²) in [5.74, 6) is 2.32. The fourth-order valence-electron chi connectivity index (χ4n) is 2.41. The van der Waals surface area contributed by atoms with Gasteiger partial charge < -0.3 is 10.2 Å². The highest BCUT2D eigenvalue weighted by Gasteiger charge is 2.27. The Morgan fingerprint density at radius 2 is 2.25 bits per heavy atom. The lowest BCUT2D eigenvalue weighted by atomic mass is 10.1. The third-order valence-corrected chi connectivity index (χ3v) is 5.54. The van der Waals surface area contributed by atoms with Crippen LogP contribution < -0.4 is 10.2 Å². The van der Waals surface area contributed by atoms with Gasteiger partial charge in [0.2, 0.25) is 0 Å². The molecule has 0 amide bonds. The molecule has 2 unspecified atom stereocenters. The second-order valence-electron chi connectivity index (χ2n) is 5.68. The minimum absolute atomic E-state index is 0.482. The first-order valence-corrected chi connectivity index (χ1v) is 9.09. The Labute approximate surface area is 135 Å². The van der Waals surface area contributed by atoms with E-state index in [0.29, 0.717) is 17.3 Å². The average molecular weight is 358 g/mol. The standard InChI is InChI=1S/C15H24BrN3S/c1-10(2)17-8-13-7-14(16)9-18-15(13)19-5-6-20-12(4)11(19)3/h7,9-12,17H,5-6,8H2,1-4H3. The number of hydrogen-bond donors (Lipinski definition) is 1. The Hall–Kier alpha value is -0.260. The van der Waals surface area contributed by atoms with Gasteiger partial charge in [-0.15, -0.1) is 0 Å². The van der Waals surface area contributed by atoms with E-state index in [1.807, 2.05) is 6.20 Å². The van der Waals surface area contributed by atoms with Gasteiger partial charge in [0.25, 0.3) is 0 Å². The van der Waals surface area contributed by atoms with Crippen molar-refractivity contribution in [1.82, 2.24) is 10.3 Å². The molecule has 0 radical (unpaired) electrons. The van der Waals surface area contributed by atoms with Gasteiger partial charge in [0, 0.05) is 52.4 Å². The molecule has 1 fully saturated rings. The molecular weight excluding hydrogens is 334 g/mol. The molecule has 112 valence electrons. The fourth-order valence-corrected chi connectivity index (χ4v) is 3.89. The van der Waals surface area contributed by atoms with Crippen molar-refractivity contribution in [3.8, 4) is 0 Å². The van der Waals surface area contributed by atoms with Crippen LogP contribution >= 0.6 is 27.7 Å². The van der Waals surface area contributed by atoms with Gasteiger partial charge in [-0.25, -0.2) is 4.98 Å². The van der Waals surface area contributed by atoms with Crippen molar-refractivity contribution < 1.29 is 0 Å². The molecule has 5 heteroatoms. The first-order chi connectivity index (χ1) is 9.49.